The van der Waals surface area contributed by atoms with Crippen molar-refractivity contribution in [1.29, 1.82) is 0 Å². The van der Waals surface area contributed by atoms with Crippen molar-refractivity contribution in [1.82, 2.24) is 4.98 Å². The predicted molar refractivity (Wildman–Crippen MR) is 92.3 cm³/mol. The number of carbonyl (C=O) groups excluding carboxylic acids is 1. The highest BCUT2D eigenvalue weighted by Crippen LogP contribution is 2.50. The largest absolute Gasteiger partial charge is 0.504 e. The molecule has 5 nitrogen and oxygen atoms in total. The summed E-state index contributed by atoms with van der Waals surface area (Å²) >= 11 is 0. The topological polar surface area (TPSA) is 85.3 Å². The molecule has 3 aromatic rings. The first-order valence-corrected chi connectivity index (χ1v) is 7.91. The molecular formula is C19H18N2O3. The minimum atomic E-state index is -0.617. The van der Waals surface area contributed by atoms with E-state index in [4.69, 9.17) is 0 Å². The van der Waals surface area contributed by atoms with Crippen molar-refractivity contribution in [2.75, 3.05) is 5.32 Å². The van der Waals surface area contributed by atoms with E-state index in [-0.39, 0.29) is 17.4 Å². The van der Waals surface area contributed by atoms with E-state index < -0.39 is 5.41 Å². The van der Waals surface area contributed by atoms with E-state index in [1.54, 1.807) is 6.07 Å². The average Bonchev–Trinajstić information content (AvgIpc) is 3.27. The zero-order valence-electron chi connectivity index (χ0n) is 13.3. The van der Waals surface area contributed by atoms with Gasteiger partial charge in [-0.2, -0.15) is 0 Å². The number of anilines is 1. The van der Waals surface area contributed by atoms with Crippen molar-refractivity contribution in [3.05, 3.63) is 53.7 Å². The maximum absolute atomic E-state index is 12.8. The molecule has 1 heterocycles. The number of fused-ring (bicyclic) bond motifs is 1. The first-order chi connectivity index (χ1) is 11.5. The summed E-state index contributed by atoms with van der Waals surface area (Å²) in [7, 11) is 0. The molecule has 2 aromatic carbocycles. The number of nitrogens with one attached hydrogen (secondary N) is 2. The molecule has 4 rings (SSSR count). The third-order valence-electron chi connectivity index (χ3n) is 4.73. The van der Waals surface area contributed by atoms with Crippen LogP contribution in [0.25, 0.3) is 10.9 Å². The van der Waals surface area contributed by atoms with Gasteiger partial charge in [0, 0.05) is 22.3 Å². The lowest BCUT2D eigenvalue weighted by Crippen LogP contribution is -2.27. The van der Waals surface area contributed by atoms with Gasteiger partial charge < -0.3 is 20.5 Å². The highest BCUT2D eigenvalue weighted by molar-refractivity contribution is 6.02. The summed E-state index contributed by atoms with van der Waals surface area (Å²) in [6.07, 6.45) is 1.46. The number of aromatic nitrogens is 1. The molecule has 1 saturated carbocycles. The van der Waals surface area contributed by atoms with Crippen molar-refractivity contribution in [2.24, 2.45) is 0 Å². The summed E-state index contributed by atoms with van der Waals surface area (Å²) in [4.78, 5) is 16.0. The molecule has 1 amide bonds. The van der Waals surface area contributed by atoms with E-state index >= 15 is 0 Å². The number of aromatic amines is 1. The number of hydrogen-bond acceptors (Lipinski definition) is 3. The minimum Gasteiger partial charge on any atom is -0.504 e. The monoisotopic (exact) mass is 322 g/mol. The van der Waals surface area contributed by atoms with Crippen LogP contribution in [0.2, 0.25) is 0 Å². The predicted octanol–water partition coefficient (Wildman–Crippen LogP) is 3.56. The van der Waals surface area contributed by atoms with E-state index in [9.17, 15) is 15.0 Å². The highest BCUT2D eigenvalue weighted by Gasteiger charge is 2.51. The molecule has 0 bridgehead atoms. The number of benzene rings is 2. The average molecular weight is 322 g/mol. The van der Waals surface area contributed by atoms with Gasteiger partial charge in [-0.25, -0.2) is 0 Å². The van der Waals surface area contributed by atoms with Crippen LogP contribution in [-0.4, -0.2) is 21.1 Å². The standard InChI is InChI=1S/C19H18N2O3/c1-11-8-12-9-14(3-4-15(12)20-11)21-18(24)19(6-7-19)13-2-5-16(22)17(23)10-13/h2-5,8-10,20,22-23H,6-7H2,1H3,(H,21,24). The van der Waals surface area contributed by atoms with Crippen LogP contribution in [0.3, 0.4) is 0 Å². The third-order valence-corrected chi connectivity index (χ3v) is 4.73. The maximum Gasteiger partial charge on any atom is 0.235 e. The van der Waals surface area contributed by atoms with Crippen LogP contribution in [0.15, 0.2) is 42.5 Å². The Morgan fingerprint density at radius 1 is 1.08 bits per heavy atom. The number of aryl methyl sites for hydroxylation is 1. The van der Waals surface area contributed by atoms with Crippen LogP contribution in [0.5, 0.6) is 11.5 Å². The normalized spacial score (nSPS) is 15.4. The lowest BCUT2D eigenvalue weighted by Gasteiger charge is -2.16. The molecule has 1 aromatic heterocycles. The Kier molecular flexibility index (Phi) is 3.06. The lowest BCUT2D eigenvalue weighted by molar-refractivity contribution is -0.118. The van der Waals surface area contributed by atoms with E-state index in [0.717, 1.165) is 40.7 Å². The van der Waals surface area contributed by atoms with E-state index in [1.807, 2.05) is 31.2 Å². The Morgan fingerprint density at radius 2 is 1.88 bits per heavy atom. The number of phenolic OH excluding ortho intramolecular Hbond substituents is 2. The molecule has 0 atom stereocenters. The summed E-state index contributed by atoms with van der Waals surface area (Å²) in [5.41, 5.74) is 2.98. The second-order valence-electron chi connectivity index (χ2n) is 6.49. The van der Waals surface area contributed by atoms with Gasteiger partial charge in [-0.3, -0.25) is 4.79 Å². The molecule has 4 N–H and O–H groups in total. The van der Waals surface area contributed by atoms with Gasteiger partial charge in [0.1, 0.15) is 0 Å². The fourth-order valence-corrected chi connectivity index (χ4v) is 3.20. The summed E-state index contributed by atoms with van der Waals surface area (Å²) in [5, 5.41) is 23.2. The van der Waals surface area contributed by atoms with Crippen molar-refractivity contribution in [2.45, 2.75) is 25.2 Å². The smallest absolute Gasteiger partial charge is 0.235 e. The number of rotatable bonds is 3. The van der Waals surface area contributed by atoms with E-state index in [0.29, 0.717) is 0 Å². The molecule has 5 heteroatoms. The summed E-state index contributed by atoms with van der Waals surface area (Å²) in [6.45, 7) is 1.99. The molecule has 0 unspecified atom stereocenters. The van der Waals surface area contributed by atoms with Gasteiger partial charge in [-0.05, 0) is 61.7 Å². The number of H-pyrrole nitrogens is 1. The zero-order chi connectivity index (χ0) is 16.9. The Hall–Kier alpha value is -2.95. The molecule has 0 aliphatic heterocycles. The maximum atomic E-state index is 12.8. The Balaban J connectivity index is 1.61. The summed E-state index contributed by atoms with van der Waals surface area (Å²) in [5.74, 6) is -0.460. The fraction of sp³-hybridized carbons (Fsp3) is 0.211. The molecular weight excluding hydrogens is 304 g/mol. The lowest BCUT2D eigenvalue weighted by atomic mass is 9.94. The number of aromatic hydroxyl groups is 2. The minimum absolute atomic E-state index is 0.0841. The second-order valence-corrected chi connectivity index (χ2v) is 6.49. The molecule has 122 valence electrons. The number of phenols is 2. The first kappa shape index (κ1) is 14.6. The van der Waals surface area contributed by atoms with Gasteiger partial charge in [0.25, 0.3) is 0 Å². The molecule has 1 fully saturated rings. The quantitative estimate of drug-likeness (QED) is 0.556. The van der Waals surface area contributed by atoms with E-state index in [2.05, 4.69) is 10.3 Å². The Bertz CT molecular complexity index is 954. The van der Waals surface area contributed by atoms with Crippen LogP contribution in [0, 0.1) is 6.92 Å². The van der Waals surface area contributed by atoms with Gasteiger partial charge >= 0.3 is 0 Å². The van der Waals surface area contributed by atoms with Gasteiger partial charge in [-0.1, -0.05) is 6.07 Å². The molecule has 0 spiro atoms. The van der Waals surface area contributed by atoms with Crippen LogP contribution in [-0.2, 0) is 10.2 Å². The Labute approximate surface area is 138 Å². The SMILES string of the molecule is Cc1cc2cc(NC(=O)C3(c4ccc(O)c(O)c4)CC3)ccc2[nH]1. The van der Waals surface area contributed by atoms with Crippen LogP contribution < -0.4 is 5.32 Å². The van der Waals surface area contributed by atoms with Gasteiger partial charge in [-0.15, -0.1) is 0 Å². The molecule has 0 radical (unpaired) electrons. The number of carbonyl (C=O) groups is 1. The molecule has 1 aliphatic rings. The first-order valence-electron chi connectivity index (χ1n) is 7.91. The fourth-order valence-electron chi connectivity index (χ4n) is 3.20. The second kappa shape index (κ2) is 5.03. The highest BCUT2D eigenvalue weighted by atomic mass is 16.3. The molecule has 0 saturated heterocycles. The molecule has 1 aliphatic carbocycles. The van der Waals surface area contributed by atoms with Crippen molar-refractivity contribution in [3.63, 3.8) is 0 Å². The zero-order valence-corrected chi connectivity index (χ0v) is 13.3. The van der Waals surface area contributed by atoms with Gasteiger partial charge in [0.15, 0.2) is 11.5 Å². The molecule has 24 heavy (non-hydrogen) atoms. The van der Waals surface area contributed by atoms with E-state index in [1.165, 1.54) is 12.1 Å². The Morgan fingerprint density at radius 3 is 2.58 bits per heavy atom. The number of amides is 1. The third kappa shape index (κ3) is 2.29. The van der Waals surface area contributed by atoms with Crippen LogP contribution in [0.4, 0.5) is 5.69 Å². The van der Waals surface area contributed by atoms with Gasteiger partial charge in [0.05, 0.1) is 5.41 Å². The van der Waals surface area contributed by atoms with Crippen LogP contribution >= 0.6 is 0 Å². The van der Waals surface area contributed by atoms with Crippen molar-refractivity contribution >= 4 is 22.5 Å². The van der Waals surface area contributed by atoms with Crippen molar-refractivity contribution in [3.8, 4) is 11.5 Å². The number of hydrogen-bond donors (Lipinski definition) is 4. The van der Waals surface area contributed by atoms with Crippen LogP contribution in [0.1, 0.15) is 24.1 Å². The van der Waals surface area contributed by atoms with Crippen molar-refractivity contribution < 1.29 is 15.0 Å². The van der Waals surface area contributed by atoms with Gasteiger partial charge in [0.2, 0.25) is 5.91 Å². The summed E-state index contributed by atoms with van der Waals surface area (Å²) < 4.78 is 0. The summed E-state index contributed by atoms with van der Waals surface area (Å²) in [6, 6.07) is 12.4.